The highest BCUT2D eigenvalue weighted by atomic mass is 16.2. The molecule has 0 saturated carbocycles. The summed E-state index contributed by atoms with van der Waals surface area (Å²) in [4.78, 5) is 37.0. The Balaban J connectivity index is 1.85. The Bertz CT molecular complexity index is 1110. The Labute approximate surface area is 163 Å². The minimum atomic E-state index is -0.559. The van der Waals surface area contributed by atoms with Crippen LogP contribution < -0.4 is 16.4 Å². The van der Waals surface area contributed by atoms with E-state index in [4.69, 9.17) is 0 Å². The number of aromatic nitrogens is 2. The summed E-state index contributed by atoms with van der Waals surface area (Å²) in [6, 6.07) is 14.4. The Morgan fingerprint density at radius 3 is 2.25 bits per heavy atom. The molecule has 2 aromatic carbocycles. The van der Waals surface area contributed by atoms with Crippen molar-refractivity contribution in [2.24, 2.45) is 13.0 Å². The summed E-state index contributed by atoms with van der Waals surface area (Å²) in [5, 5.41) is 2.91. The summed E-state index contributed by atoms with van der Waals surface area (Å²) in [7, 11) is 1.60. The van der Waals surface area contributed by atoms with E-state index in [0.717, 1.165) is 12.0 Å². The summed E-state index contributed by atoms with van der Waals surface area (Å²) in [5.74, 6) is 0.429. The molecule has 0 unspecified atom stereocenters. The fourth-order valence-electron chi connectivity index (χ4n) is 3.13. The average molecular weight is 379 g/mol. The van der Waals surface area contributed by atoms with Crippen LogP contribution in [0.2, 0.25) is 0 Å². The highest BCUT2D eigenvalue weighted by Gasteiger charge is 2.11. The van der Waals surface area contributed by atoms with Gasteiger partial charge in [-0.15, -0.1) is 0 Å². The van der Waals surface area contributed by atoms with Crippen LogP contribution in [-0.2, 0) is 13.6 Å². The van der Waals surface area contributed by atoms with Gasteiger partial charge in [0.2, 0.25) is 0 Å². The fourth-order valence-corrected chi connectivity index (χ4v) is 3.13. The second-order valence-electron chi connectivity index (χ2n) is 7.38. The minimum absolute atomic E-state index is 0.108. The van der Waals surface area contributed by atoms with E-state index in [9.17, 15) is 14.4 Å². The van der Waals surface area contributed by atoms with Gasteiger partial charge in [-0.2, -0.15) is 0 Å². The van der Waals surface area contributed by atoms with E-state index < -0.39 is 11.1 Å². The fraction of sp³-hybridized carbons (Fsp3) is 0.318. The lowest BCUT2D eigenvalue weighted by Gasteiger charge is -2.13. The van der Waals surface area contributed by atoms with Crippen LogP contribution in [0.25, 0.3) is 11.0 Å². The van der Waals surface area contributed by atoms with Crippen LogP contribution >= 0.6 is 0 Å². The van der Waals surface area contributed by atoms with Crippen molar-refractivity contribution in [3.8, 4) is 0 Å². The monoisotopic (exact) mass is 379 g/mol. The Morgan fingerprint density at radius 2 is 1.61 bits per heavy atom. The highest BCUT2D eigenvalue weighted by molar-refractivity contribution is 5.94. The molecular formula is C22H25N3O3. The molecule has 0 atom stereocenters. The van der Waals surface area contributed by atoms with Crippen LogP contribution in [0, 0.1) is 5.92 Å². The van der Waals surface area contributed by atoms with E-state index in [1.807, 2.05) is 36.4 Å². The Kier molecular flexibility index (Phi) is 5.78. The molecule has 0 saturated heterocycles. The van der Waals surface area contributed by atoms with E-state index >= 15 is 0 Å². The largest absolute Gasteiger partial charge is 0.352 e. The van der Waals surface area contributed by atoms with Gasteiger partial charge >= 0.3 is 11.1 Å². The molecule has 0 radical (unpaired) electrons. The number of nitrogens with zero attached hydrogens (tertiary/aromatic N) is 2. The molecule has 1 aromatic heterocycles. The number of nitrogens with one attached hydrogen (secondary N) is 1. The predicted octanol–water partition coefficient (Wildman–Crippen LogP) is 2.52. The quantitative estimate of drug-likeness (QED) is 0.669. The van der Waals surface area contributed by atoms with Crippen LogP contribution in [0.4, 0.5) is 0 Å². The number of aryl methyl sites for hydroxylation is 1. The summed E-state index contributed by atoms with van der Waals surface area (Å²) in [5.41, 5.74) is 1.71. The van der Waals surface area contributed by atoms with Crippen molar-refractivity contribution >= 4 is 16.9 Å². The first-order chi connectivity index (χ1) is 13.4. The van der Waals surface area contributed by atoms with E-state index in [1.165, 1.54) is 9.13 Å². The number of carbonyl (C=O) groups excluding carboxylic acids is 1. The first-order valence-electron chi connectivity index (χ1n) is 9.44. The zero-order chi connectivity index (χ0) is 20.3. The third-order valence-corrected chi connectivity index (χ3v) is 4.83. The molecule has 3 aromatic rings. The van der Waals surface area contributed by atoms with Crippen molar-refractivity contribution in [2.75, 3.05) is 6.54 Å². The minimum Gasteiger partial charge on any atom is -0.352 e. The van der Waals surface area contributed by atoms with Crippen LogP contribution in [-0.4, -0.2) is 21.6 Å². The first-order valence-corrected chi connectivity index (χ1v) is 9.44. The molecule has 1 amide bonds. The Morgan fingerprint density at radius 1 is 0.964 bits per heavy atom. The van der Waals surface area contributed by atoms with Crippen molar-refractivity contribution in [1.82, 2.24) is 14.5 Å². The molecule has 0 aliphatic carbocycles. The first kappa shape index (κ1) is 19.6. The second-order valence-corrected chi connectivity index (χ2v) is 7.38. The van der Waals surface area contributed by atoms with Crippen molar-refractivity contribution in [3.63, 3.8) is 0 Å². The highest BCUT2D eigenvalue weighted by Crippen LogP contribution is 2.12. The van der Waals surface area contributed by atoms with E-state index in [-0.39, 0.29) is 12.5 Å². The van der Waals surface area contributed by atoms with Crippen LogP contribution in [0.3, 0.4) is 0 Å². The molecule has 6 nitrogen and oxygen atoms in total. The third kappa shape index (κ3) is 4.06. The number of hydrogen-bond donors (Lipinski definition) is 1. The molecule has 28 heavy (non-hydrogen) atoms. The van der Waals surface area contributed by atoms with Crippen LogP contribution in [0.15, 0.2) is 58.1 Å². The summed E-state index contributed by atoms with van der Waals surface area (Å²) >= 11 is 0. The van der Waals surface area contributed by atoms with Gasteiger partial charge in [-0.3, -0.25) is 19.0 Å². The zero-order valence-corrected chi connectivity index (χ0v) is 16.4. The average Bonchev–Trinajstić information content (AvgIpc) is 2.69. The lowest BCUT2D eigenvalue weighted by molar-refractivity contribution is 0.0952. The maximum Gasteiger partial charge on any atom is 0.317 e. The molecule has 1 N–H and O–H groups in total. The van der Waals surface area contributed by atoms with Crippen molar-refractivity contribution in [1.29, 1.82) is 0 Å². The van der Waals surface area contributed by atoms with Crippen molar-refractivity contribution in [3.05, 3.63) is 80.4 Å². The van der Waals surface area contributed by atoms with Gasteiger partial charge in [0, 0.05) is 19.2 Å². The molecule has 0 aliphatic heterocycles. The maximum absolute atomic E-state index is 12.5. The Hall–Kier alpha value is -3.15. The number of benzene rings is 2. The summed E-state index contributed by atoms with van der Waals surface area (Å²) in [6.07, 6.45) is 0.933. The second kappa shape index (κ2) is 8.25. The van der Waals surface area contributed by atoms with Gasteiger partial charge in [-0.25, -0.2) is 0 Å². The van der Waals surface area contributed by atoms with Gasteiger partial charge in [0.25, 0.3) is 5.91 Å². The summed E-state index contributed by atoms with van der Waals surface area (Å²) in [6.45, 7) is 5.14. The van der Waals surface area contributed by atoms with Gasteiger partial charge in [-0.05, 0) is 42.2 Å². The maximum atomic E-state index is 12.5. The van der Waals surface area contributed by atoms with Gasteiger partial charge < -0.3 is 9.88 Å². The molecule has 0 aliphatic rings. The normalized spacial score (nSPS) is 11.1. The molecule has 1 heterocycles. The van der Waals surface area contributed by atoms with Crippen molar-refractivity contribution < 1.29 is 4.79 Å². The van der Waals surface area contributed by atoms with Crippen molar-refractivity contribution in [2.45, 2.75) is 26.8 Å². The van der Waals surface area contributed by atoms with E-state index in [2.05, 4.69) is 19.2 Å². The molecule has 146 valence electrons. The van der Waals surface area contributed by atoms with E-state index in [1.54, 1.807) is 19.2 Å². The van der Waals surface area contributed by atoms with Gasteiger partial charge in [-0.1, -0.05) is 38.1 Å². The topological polar surface area (TPSA) is 73.1 Å². The SMILES string of the molecule is CC(C)CCNC(=O)c1ccc(Cn2c(=O)c(=O)n(C)c3ccccc32)cc1. The number of hydrogen-bond acceptors (Lipinski definition) is 3. The van der Waals surface area contributed by atoms with Crippen LogP contribution in [0.1, 0.15) is 36.2 Å². The molecule has 0 bridgehead atoms. The number of fused-ring (bicyclic) bond motifs is 1. The zero-order valence-electron chi connectivity index (χ0n) is 16.4. The number of rotatable bonds is 6. The summed E-state index contributed by atoms with van der Waals surface area (Å²) < 4.78 is 2.86. The smallest absolute Gasteiger partial charge is 0.317 e. The molecule has 3 rings (SSSR count). The number of para-hydroxylation sites is 2. The van der Waals surface area contributed by atoms with Gasteiger partial charge in [0.15, 0.2) is 0 Å². The van der Waals surface area contributed by atoms with E-state index in [0.29, 0.717) is 29.1 Å². The third-order valence-electron chi connectivity index (χ3n) is 4.83. The van der Waals surface area contributed by atoms with Crippen LogP contribution in [0.5, 0.6) is 0 Å². The standard InChI is InChI=1S/C22H25N3O3/c1-15(2)12-13-23-20(26)17-10-8-16(9-11-17)14-25-19-7-5-4-6-18(19)24(3)21(27)22(25)28/h4-11,15H,12-14H2,1-3H3,(H,23,26). The number of amides is 1. The molecular weight excluding hydrogens is 354 g/mol. The lowest BCUT2D eigenvalue weighted by atomic mass is 10.1. The van der Waals surface area contributed by atoms with Gasteiger partial charge in [0.1, 0.15) is 0 Å². The van der Waals surface area contributed by atoms with Gasteiger partial charge in [0.05, 0.1) is 17.6 Å². The molecule has 6 heteroatoms. The lowest BCUT2D eigenvalue weighted by Crippen LogP contribution is -2.40. The predicted molar refractivity (Wildman–Crippen MR) is 111 cm³/mol. The molecule has 0 fully saturated rings. The molecule has 0 spiro atoms. The number of carbonyl (C=O) groups is 1.